The molecule has 1 aromatic rings. The van der Waals surface area contributed by atoms with Crippen LogP contribution in [0.3, 0.4) is 0 Å². The molecular weight excluding hydrogens is 388 g/mol. The molecule has 2 aliphatic heterocycles. The molecule has 0 radical (unpaired) electrons. The second kappa shape index (κ2) is 9.34. The van der Waals surface area contributed by atoms with Crippen molar-refractivity contribution in [3.05, 3.63) is 33.2 Å². The summed E-state index contributed by atoms with van der Waals surface area (Å²) in [6.07, 6.45) is 4.87. The van der Waals surface area contributed by atoms with Gasteiger partial charge in [-0.3, -0.25) is 19.3 Å². The largest absolute Gasteiger partial charge is 0.338 e. The van der Waals surface area contributed by atoms with Gasteiger partial charge in [-0.1, -0.05) is 0 Å². The van der Waals surface area contributed by atoms with Gasteiger partial charge in [-0.05, 0) is 37.7 Å². The first-order valence-electron chi connectivity index (χ1n) is 10.3. The van der Waals surface area contributed by atoms with Crippen molar-refractivity contribution < 1.29 is 9.59 Å². The SMILES string of the molecule is CSCCC(=O)N1CCc2c(cn(C)c(=O)c2C(=O)N2CCN(C(C)C)CC2)C1. The number of pyridine rings is 1. The van der Waals surface area contributed by atoms with E-state index in [9.17, 15) is 14.4 Å². The van der Waals surface area contributed by atoms with Crippen molar-refractivity contribution in [2.24, 2.45) is 7.05 Å². The van der Waals surface area contributed by atoms with Crippen LogP contribution in [0, 0.1) is 0 Å². The monoisotopic (exact) mass is 420 g/mol. The van der Waals surface area contributed by atoms with Gasteiger partial charge in [0.1, 0.15) is 5.56 Å². The number of hydrogen-bond donors (Lipinski definition) is 0. The Bertz CT molecular complexity index is 828. The minimum Gasteiger partial charge on any atom is -0.338 e. The minimum atomic E-state index is -0.234. The molecule has 3 heterocycles. The number of amides is 2. The highest BCUT2D eigenvalue weighted by Gasteiger charge is 2.31. The summed E-state index contributed by atoms with van der Waals surface area (Å²) < 4.78 is 1.49. The number of carbonyl (C=O) groups is 2. The van der Waals surface area contributed by atoms with Crippen molar-refractivity contribution in [2.45, 2.75) is 39.3 Å². The average molecular weight is 421 g/mol. The number of fused-ring (bicyclic) bond motifs is 1. The molecule has 0 spiro atoms. The minimum absolute atomic E-state index is 0.136. The van der Waals surface area contributed by atoms with Gasteiger partial charge < -0.3 is 14.4 Å². The Morgan fingerprint density at radius 3 is 2.41 bits per heavy atom. The first-order chi connectivity index (χ1) is 13.8. The first-order valence-corrected chi connectivity index (χ1v) is 11.7. The summed E-state index contributed by atoms with van der Waals surface area (Å²) >= 11 is 1.66. The van der Waals surface area contributed by atoms with Gasteiger partial charge in [0.05, 0.1) is 0 Å². The average Bonchev–Trinajstić information content (AvgIpc) is 2.72. The molecule has 29 heavy (non-hydrogen) atoms. The highest BCUT2D eigenvalue weighted by atomic mass is 32.2. The van der Waals surface area contributed by atoms with Crippen molar-refractivity contribution in [2.75, 3.05) is 44.7 Å². The molecular formula is C21H32N4O3S. The number of nitrogens with zero attached hydrogens (tertiary/aromatic N) is 4. The number of thioether (sulfide) groups is 1. The molecule has 1 fully saturated rings. The van der Waals surface area contributed by atoms with Crippen LogP contribution in [0.15, 0.2) is 11.0 Å². The third-order valence-electron chi connectivity index (χ3n) is 5.98. The summed E-state index contributed by atoms with van der Waals surface area (Å²) in [4.78, 5) is 44.6. The third kappa shape index (κ3) is 4.69. The quantitative estimate of drug-likeness (QED) is 0.716. The van der Waals surface area contributed by atoms with Crippen LogP contribution in [-0.2, 0) is 24.8 Å². The van der Waals surface area contributed by atoms with E-state index in [0.29, 0.717) is 50.6 Å². The predicted octanol–water partition coefficient (Wildman–Crippen LogP) is 1.19. The second-order valence-electron chi connectivity index (χ2n) is 8.15. The molecule has 3 rings (SSSR count). The Hall–Kier alpha value is -1.80. The van der Waals surface area contributed by atoms with Crippen LogP contribution in [0.1, 0.15) is 41.8 Å². The fourth-order valence-electron chi connectivity index (χ4n) is 4.17. The maximum absolute atomic E-state index is 13.3. The molecule has 0 atom stereocenters. The van der Waals surface area contributed by atoms with Crippen LogP contribution in [0.4, 0.5) is 0 Å². The van der Waals surface area contributed by atoms with E-state index in [4.69, 9.17) is 0 Å². The molecule has 8 heteroatoms. The summed E-state index contributed by atoms with van der Waals surface area (Å²) in [5.74, 6) is 0.784. The summed E-state index contributed by atoms with van der Waals surface area (Å²) in [5.41, 5.74) is 1.82. The van der Waals surface area contributed by atoms with E-state index in [0.717, 1.165) is 30.0 Å². The summed E-state index contributed by atoms with van der Waals surface area (Å²) in [7, 11) is 1.69. The lowest BCUT2D eigenvalue weighted by Crippen LogP contribution is -2.52. The maximum Gasteiger partial charge on any atom is 0.263 e. The number of carbonyl (C=O) groups excluding carboxylic acids is 2. The Kier molecular flexibility index (Phi) is 7.05. The van der Waals surface area contributed by atoms with Gasteiger partial charge in [0.15, 0.2) is 0 Å². The van der Waals surface area contributed by atoms with Crippen molar-refractivity contribution in [3.8, 4) is 0 Å². The molecule has 0 unspecified atom stereocenters. The van der Waals surface area contributed by atoms with Crippen molar-refractivity contribution in [1.29, 1.82) is 0 Å². The Labute approximate surface area is 177 Å². The van der Waals surface area contributed by atoms with E-state index in [2.05, 4.69) is 18.7 Å². The highest BCUT2D eigenvalue weighted by molar-refractivity contribution is 7.98. The maximum atomic E-state index is 13.3. The third-order valence-corrected chi connectivity index (χ3v) is 6.60. The van der Waals surface area contributed by atoms with Crippen LogP contribution in [-0.4, -0.2) is 81.9 Å². The topological polar surface area (TPSA) is 65.9 Å². The molecule has 2 aliphatic rings. The van der Waals surface area contributed by atoms with Crippen molar-refractivity contribution >= 4 is 23.6 Å². The molecule has 0 bridgehead atoms. The molecule has 1 saturated heterocycles. The van der Waals surface area contributed by atoms with Crippen LogP contribution >= 0.6 is 11.8 Å². The summed E-state index contributed by atoms with van der Waals surface area (Å²) in [5, 5.41) is 0. The molecule has 1 aromatic heterocycles. The molecule has 0 aromatic carbocycles. The van der Waals surface area contributed by atoms with E-state index in [-0.39, 0.29) is 17.4 Å². The molecule has 0 N–H and O–H groups in total. The zero-order valence-corrected chi connectivity index (χ0v) is 18.8. The van der Waals surface area contributed by atoms with Gasteiger partial charge in [0.25, 0.3) is 11.5 Å². The molecule has 0 aliphatic carbocycles. The van der Waals surface area contributed by atoms with Crippen LogP contribution in [0.2, 0.25) is 0 Å². The van der Waals surface area contributed by atoms with Gasteiger partial charge >= 0.3 is 0 Å². The van der Waals surface area contributed by atoms with E-state index in [1.807, 2.05) is 16.1 Å². The first kappa shape index (κ1) is 21.9. The fraction of sp³-hybridized carbons (Fsp3) is 0.667. The summed E-state index contributed by atoms with van der Waals surface area (Å²) in [6, 6.07) is 0.458. The highest BCUT2D eigenvalue weighted by Crippen LogP contribution is 2.23. The Balaban J connectivity index is 1.82. The lowest BCUT2D eigenvalue weighted by molar-refractivity contribution is -0.131. The number of piperazine rings is 1. The number of rotatable bonds is 5. The lowest BCUT2D eigenvalue weighted by atomic mass is 9.95. The fourth-order valence-corrected chi connectivity index (χ4v) is 4.55. The smallest absolute Gasteiger partial charge is 0.263 e. The van der Waals surface area contributed by atoms with Gasteiger partial charge in [0.2, 0.25) is 5.91 Å². The summed E-state index contributed by atoms with van der Waals surface area (Å²) in [6.45, 7) is 8.30. The van der Waals surface area contributed by atoms with E-state index < -0.39 is 0 Å². The van der Waals surface area contributed by atoms with Crippen LogP contribution in [0.5, 0.6) is 0 Å². The van der Waals surface area contributed by atoms with Gasteiger partial charge in [-0.25, -0.2) is 0 Å². The molecule has 7 nitrogen and oxygen atoms in total. The number of aryl methyl sites for hydroxylation is 1. The Morgan fingerprint density at radius 1 is 1.10 bits per heavy atom. The Morgan fingerprint density at radius 2 is 1.79 bits per heavy atom. The molecule has 2 amide bonds. The van der Waals surface area contributed by atoms with Crippen LogP contribution in [0.25, 0.3) is 0 Å². The van der Waals surface area contributed by atoms with E-state index in [1.165, 1.54) is 4.57 Å². The normalized spacial score (nSPS) is 17.6. The molecule has 160 valence electrons. The van der Waals surface area contributed by atoms with Gasteiger partial charge in [0, 0.05) is 70.7 Å². The van der Waals surface area contributed by atoms with Crippen LogP contribution < -0.4 is 5.56 Å². The lowest BCUT2D eigenvalue weighted by Gasteiger charge is -2.37. The van der Waals surface area contributed by atoms with Crippen molar-refractivity contribution in [1.82, 2.24) is 19.3 Å². The van der Waals surface area contributed by atoms with E-state index in [1.54, 1.807) is 25.0 Å². The molecule has 0 saturated carbocycles. The predicted molar refractivity (Wildman–Crippen MR) is 116 cm³/mol. The number of aromatic nitrogens is 1. The zero-order chi connectivity index (χ0) is 21.1. The number of hydrogen-bond acceptors (Lipinski definition) is 5. The van der Waals surface area contributed by atoms with E-state index >= 15 is 0 Å². The standard InChI is InChI=1S/C21H32N4O3S/c1-15(2)23-8-10-24(11-9-23)21(28)19-17-5-7-25(18(26)6-12-29-4)14-16(17)13-22(3)20(19)27/h13,15H,5-12,14H2,1-4H3. The van der Waals surface area contributed by atoms with Crippen molar-refractivity contribution in [3.63, 3.8) is 0 Å². The van der Waals surface area contributed by atoms with Gasteiger partial charge in [-0.2, -0.15) is 11.8 Å². The van der Waals surface area contributed by atoms with Gasteiger partial charge in [-0.15, -0.1) is 0 Å². The zero-order valence-electron chi connectivity index (χ0n) is 17.9. The second-order valence-corrected chi connectivity index (χ2v) is 9.14.